The highest BCUT2D eigenvalue weighted by molar-refractivity contribution is 6.30. The molecule has 1 heterocycles. The van der Waals surface area contributed by atoms with Crippen LogP contribution in [0.5, 0.6) is 5.88 Å². The number of hydrogen-bond acceptors (Lipinski definition) is 4. The molecule has 1 aromatic carbocycles. The monoisotopic (exact) mass is 359 g/mol. The van der Waals surface area contributed by atoms with E-state index in [2.05, 4.69) is 15.3 Å². The first-order valence-electron chi connectivity index (χ1n) is 7.49. The predicted octanol–water partition coefficient (Wildman–Crippen LogP) is 5.46. The molecule has 0 fully saturated rings. The SMILES string of the molecule is CCCCCOc1nc(Nc2ccc(Cl)cc2)ncc1C(F)(F)F. The maximum atomic E-state index is 13.0. The molecule has 8 heteroatoms. The summed E-state index contributed by atoms with van der Waals surface area (Å²) in [6.45, 7) is 2.17. The summed E-state index contributed by atoms with van der Waals surface area (Å²) >= 11 is 5.79. The van der Waals surface area contributed by atoms with Crippen LogP contribution < -0.4 is 10.1 Å². The molecule has 0 bridgehead atoms. The van der Waals surface area contributed by atoms with Gasteiger partial charge in [0.15, 0.2) is 0 Å². The van der Waals surface area contributed by atoms with Gasteiger partial charge in [-0.05, 0) is 30.7 Å². The number of aromatic nitrogens is 2. The van der Waals surface area contributed by atoms with Crippen molar-refractivity contribution in [1.29, 1.82) is 0 Å². The van der Waals surface area contributed by atoms with Crippen molar-refractivity contribution < 1.29 is 17.9 Å². The van der Waals surface area contributed by atoms with Gasteiger partial charge in [0.1, 0.15) is 5.56 Å². The third-order valence-corrected chi connectivity index (χ3v) is 3.40. The van der Waals surface area contributed by atoms with E-state index in [0.29, 0.717) is 17.1 Å². The first-order chi connectivity index (χ1) is 11.4. The Labute approximate surface area is 143 Å². The zero-order chi connectivity index (χ0) is 17.6. The lowest BCUT2D eigenvalue weighted by Crippen LogP contribution is -2.13. The summed E-state index contributed by atoms with van der Waals surface area (Å²) in [4.78, 5) is 7.57. The number of benzene rings is 1. The fourth-order valence-corrected chi connectivity index (χ4v) is 2.04. The molecule has 0 aliphatic carbocycles. The average molecular weight is 360 g/mol. The minimum Gasteiger partial charge on any atom is -0.477 e. The lowest BCUT2D eigenvalue weighted by Gasteiger charge is -2.14. The van der Waals surface area contributed by atoms with E-state index in [4.69, 9.17) is 16.3 Å². The molecule has 0 atom stereocenters. The Morgan fingerprint density at radius 1 is 1.17 bits per heavy atom. The molecule has 24 heavy (non-hydrogen) atoms. The van der Waals surface area contributed by atoms with E-state index >= 15 is 0 Å². The third-order valence-electron chi connectivity index (χ3n) is 3.15. The van der Waals surface area contributed by atoms with Gasteiger partial charge in [-0.15, -0.1) is 0 Å². The van der Waals surface area contributed by atoms with E-state index in [9.17, 15) is 13.2 Å². The normalized spacial score (nSPS) is 11.4. The average Bonchev–Trinajstić information content (AvgIpc) is 2.53. The van der Waals surface area contributed by atoms with Crippen molar-refractivity contribution in [3.63, 3.8) is 0 Å². The number of halogens is 4. The van der Waals surface area contributed by atoms with Gasteiger partial charge in [-0.1, -0.05) is 31.4 Å². The topological polar surface area (TPSA) is 47.0 Å². The van der Waals surface area contributed by atoms with Crippen LogP contribution in [0.1, 0.15) is 31.7 Å². The standard InChI is InChI=1S/C16H17ClF3N3O/c1-2-3-4-9-24-14-13(16(18,19)20)10-21-15(23-14)22-12-7-5-11(17)6-8-12/h5-8,10H,2-4,9H2,1H3,(H,21,22,23). The van der Waals surface area contributed by atoms with E-state index < -0.39 is 17.6 Å². The zero-order valence-corrected chi connectivity index (χ0v) is 13.8. The molecule has 0 amide bonds. The Morgan fingerprint density at radius 3 is 2.50 bits per heavy atom. The highest BCUT2D eigenvalue weighted by Gasteiger charge is 2.36. The molecular formula is C16H17ClF3N3O. The second kappa shape index (κ2) is 8.19. The Bertz CT molecular complexity index is 663. The quantitative estimate of drug-likeness (QED) is 0.667. The van der Waals surface area contributed by atoms with Crippen LogP contribution in [0.2, 0.25) is 5.02 Å². The van der Waals surface area contributed by atoms with Crippen molar-refractivity contribution in [2.75, 3.05) is 11.9 Å². The number of alkyl halides is 3. The van der Waals surface area contributed by atoms with Crippen molar-refractivity contribution in [3.8, 4) is 5.88 Å². The number of nitrogens with one attached hydrogen (secondary N) is 1. The smallest absolute Gasteiger partial charge is 0.423 e. The van der Waals surface area contributed by atoms with E-state index in [1.807, 2.05) is 6.92 Å². The first-order valence-corrected chi connectivity index (χ1v) is 7.87. The number of unbranched alkanes of at least 4 members (excludes halogenated alkanes) is 2. The zero-order valence-electron chi connectivity index (χ0n) is 13.0. The van der Waals surface area contributed by atoms with Gasteiger partial charge >= 0.3 is 6.18 Å². The Hall–Kier alpha value is -2.02. The second-order valence-corrected chi connectivity index (χ2v) is 5.53. The minimum absolute atomic E-state index is 0.0239. The van der Waals surface area contributed by atoms with Crippen LogP contribution >= 0.6 is 11.6 Å². The van der Waals surface area contributed by atoms with E-state index in [1.54, 1.807) is 24.3 Å². The van der Waals surface area contributed by atoms with Crippen molar-refractivity contribution in [3.05, 3.63) is 41.0 Å². The van der Waals surface area contributed by atoms with Crippen molar-refractivity contribution in [1.82, 2.24) is 9.97 Å². The molecule has 2 aromatic rings. The van der Waals surface area contributed by atoms with E-state index in [0.717, 1.165) is 19.0 Å². The summed E-state index contributed by atoms with van der Waals surface area (Å²) in [5, 5.41) is 3.37. The Kier molecular flexibility index (Phi) is 6.25. The molecule has 0 saturated heterocycles. The van der Waals surface area contributed by atoms with E-state index in [-0.39, 0.29) is 12.6 Å². The third kappa shape index (κ3) is 5.26. The van der Waals surface area contributed by atoms with Crippen LogP contribution in [0.4, 0.5) is 24.8 Å². The fourth-order valence-electron chi connectivity index (χ4n) is 1.91. The summed E-state index contributed by atoms with van der Waals surface area (Å²) < 4.78 is 44.3. The second-order valence-electron chi connectivity index (χ2n) is 5.10. The van der Waals surface area contributed by atoms with Gasteiger partial charge in [-0.2, -0.15) is 18.2 Å². The van der Waals surface area contributed by atoms with Crippen LogP contribution in [0.15, 0.2) is 30.5 Å². The van der Waals surface area contributed by atoms with Gasteiger partial charge in [0.05, 0.1) is 6.61 Å². The van der Waals surface area contributed by atoms with Crippen molar-refractivity contribution >= 4 is 23.2 Å². The predicted molar refractivity (Wildman–Crippen MR) is 86.8 cm³/mol. The van der Waals surface area contributed by atoms with Gasteiger partial charge in [-0.3, -0.25) is 0 Å². The fraction of sp³-hybridized carbons (Fsp3) is 0.375. The first kappa shape index (κ1) is 18.3. The highest BCUT2D eigenvalue weighted by atomic mass is 35.5. The molecule has 0 aliphatic heterocycles. The molecule has 0 aliphatic rings. The van der Waals surface area contributed by atoms with Gasteiger partial charge in [0.25, 0.3) is 0 Å². The molecule has 1 aromatic heterocycles. The van der Waals surface area contributed by atoms with Crippen molar-refractivity contribution in [2.45, 2.75) is 32.4 Å². The maximum Gasteiger partial charge on any atom is 0.423 e. The summed E-state index contributed by atoms with van der Waals surface area (Å²) in [6, 6.07) is 6.64. The Morgan fingerprint density at radius 2 is 1.88 bits per heavy atom. The molecule has 0 spiro atoms. The van der Waals surface area contributed by atoms with Crippen LogP contribution in [-0.2, 0) is 6.18 Å². The molecule has 2 rings (SSSR count). The molecule has 0 unspecified atom stereocenters. The van der Waals surface area contributed by atoms with Crippen LogP contribution in [0.25, 0.3) is 0 Å². The van der Waals surface area contributed by atoms with Gasteiger partial charge in [0, 0.05) is 16.9 Å². The number of nitrogens with zero attached hydrogens (tertiary/aromatic N) is 2. The van der Waals surface area contributed by atoms with Gasteiger partial charge in [0.2, 0.25) is 11.8 Å². The minimum atomic E-state index is -4.57. The lowest BCUT2D eigenvalue weighted by atomic mass is 10.3. The molecular weight excluding hydrogens is 343 g/mol. The molecule has 4 nitrogen and oxygen atoms in total. The lowest BCUT2D eigenvalue weighted by molar-refractivity contribution is -0.139. The van der Waals surface area contributed by atoms with Gasteiger partial charge in [-0.25, -0.2) is 4.98 Å². The van der Waals surface area contributed by atoms with Crippen LogP contribution in [0, 0.1) is 0 Å². The summed E-state index contributed by atoms with van der Waals surface area (Å²) in [7, 11) is 0. The Balaban J connectivity index is 2.19. The summed E-state index contributed by atoms with van der Waals surface area (Å²) in [5.74, 6) is -0.444. The molecule has 130 valence electrons. The van der Waals surface area contributed by atoms with Crippen LogP contribution in [0.3, 0.4) is 0 Å². The molecule has 1 N–H and O–H groups in total. The van der Waals surface area contributed by atoms with Crippen LogP contribution in [-0.4, -0.2) is 16.6 Å². The largest absolute Gasteiger partial charge is 0.477 e. The number of hydrogen-bond donors (Lipinski definition) is 1. The highest BCUT2D eigenvalue weighted by Crippen LogP contribution is 2.35. The number of rotatable bonds is 7. The molecule has 0 radical (unpaired) electrons. The summed E-state index contributed by atoms with van der Waals surface area (Å²) in [6.07, 6.45) is -1.36. The number of ether oxygens (including phenoxy) is 1. The molecule has 0 saturated carbocycles. The van der Waals surface area contributed by atoms with Crippen molar-refractivity contribution in [2.24, 2.45) is 0 Å². The van der Waals surface area contributed by atoms with E-state index in [1.165, 1.54) is 0 Å². The summed E-state index contributed by atoms with van der Waals surface area (Å²) in [5.41, 5.74) is -0.378. The number of anilines is 2. The maximum absolute atomic E-state index is 13.0. The van der Waals surface area contributed by atoms with Gasteiger partial charge < -0.3 is 10.1 Å².